The van der Waals surface area contributed by atoms with Crippen LogP contribution in [-0.2, 0) is 9.53 Å². The normalized spacial score (nSPS) is 31.4. The minimum atomic E-state index is -0.00314. The zero-order chi connectivity index (χ0) is 11.6. The molecule has 1 heterocycles. The highest BCUT2D eigenvalue weighted by atomic mass is 16.5. The van der Waals surface area contributed by atoms with Gasteiger partial charge in [0.05, 0.1) is 18.6 Å². The van der Waals surface area contributed by atoms with E-state index in [0.717, 1.165) is 25.7 Å². The molecule has 1 aliphatic heterocycles. The molecule has 1 saturated carbocycles. The maximum absolute atomic E-state index is 11.9. The second kappa shape index (κ2) is 4.72. The Morgan fingerprint density at radius 3 is 2.88 bits per heavy atom. The SMILES string of the molecule is CCC1OCCC1C(=O)NCC1(CO)CC1. The molecule has 2 rings (SSSR count). The Bertz CT molecular complexity index is 263. The number of rotatable bonds is 5. The fourth-order valence-corrected chi connectivity index (χ4v) is 2.32. The van der Waals surface area contributed by atoms with Gasteiger partial charge in [0.2, 0.25) is 5.91 Å². The van der Waals surface area contributed by atoms with Crippen LogP contribution in [0.2, 0.25) is 0 Å². The van der Waals surface area contributed by atoms with Crippen molar-refractivity contribution in [2.45, 2.75) is 38.7 Å². The summed E-state index contributed by atoms with van der Waals surface area (Å²) in [7, 11) is 0. The Balaban J connectivity index is 1.79. The van der Waals surface area contributed by atoms with Gasteiger partial charge in [0.1, 0.15) is 0 Å². The molecule has 1 amide bonds. The molecule has 0 aromatic carbocycles. The summed E-state index contributed by atoms with van der Waals surface area (Å²) in [5.41, 5.74) is -0.00314. The van der Waals surface area contributed by atoms with Crippen molar-refractivity contribution in [3.05, 3.63) is 0 Å². The molecule has 0 bridgehead atoms. The first-order valence-corrected chi connectivity index (χ1v) is 6.21. The molecule has 4 heteroatoms. The minimum absolute atomic E-state index is 0.00314. The van der Waals surface area contributed by atoms with Crippen molar-refractivity contribution in [2.24, 2.45) is 11.3 Å². The first-order chi connectivity index (χ1) is 7.71. The van der Waals surface area contributed by atoms with E-state index in [9.17, 15) is 4.79 Å². The van der Waals surface area contributed by atoms with Crippen molar-refractivity contribution in [1.82, 2.24) is 5.32 Å². The van der Waals surface area contributed by atoms with Gasteiger partial charge in [-0.05, 0) is 25.7 Å². The van der Waals surface area contributed by atoms with Crippen LogP contribution < -0.4 is 5.32 Å². The summed E-state index contributed by atoms with van der Waals surface area (Å²) in [5, 5.41) is 12.1. The fourth-order valence-electron chi connectivity index (χ4n) is 2.32. The average Bonchev–Trinajstić information content (AvgIpc) is 2.94. The second-order valence-electron chi connectivity index (χ2n) is 5.09. The number of hydrogen-bond acceptors (Lipinski definition) is 3. The van der Waals surface area contributed by atoms with Crippen LogP contribution >= 0.6 is 0 Å². The molecule has 16 heavy (non-hydrogen) atoms. The van der Waals surface area contributed by atoms with E-state index in [4.69, 9.17) is 9.84 Å². The van der Waals surface area contributed by atoms with E-state index in [1.54, 1.807) is 0 Å². The molecule has 0 aromatic rings. The van der Waals surface area contributed by atoms with Crippen LogP contribution in [-0.4, -0.2) is 36.9 Å². The summed E-state index contributed by atoms with van der Waals surface area (Å²) in [5.74, 6) is 0.114. The van der Waals surface area contributed by atoms with E-state index >= 15 is 0 Å². The van der Waals surface area contributed by atoms with E-state index in [1.807, 2.05) is 6.92 Å². The van der Waals surface area contributed by atoms with Crippen molar-refractivity contribution in [3.63, 3.8) is 0 Å². The smallest absolute Gasteiger partial charge is 0.225 e. The van der Waals surface area contributed by atoms with Gasteiger partial charge in [0.25, 0.3) is 0 Å². The van der Waals surface area contributed by atoms with Crippen molar-refractivity contribution < 1.29 is 14.6 Å². The van der Waals surface area contributed by atoms with Gasteiger partial charge in [-0.1, -0.05) is 6.92 Å². The van der Waals surface area contributed by atoms with Gasteiger partial charge >= 0.3 is 0 Å². The monoisotopic (exact) mass is 227 g/mol. The maximum atomic E-state index is 11.9. The minimum Gasteiger partial charge on any atom is -0.396 e. The van der Waals surface area contributed by atoms with Gasteiger partial charge in [-0.25, -0.2) is 0 Å². The van der Waals surface area contributed by atoms with Crippen LogP contribution in [0.15, 0.2) is 0 Å². The maximum Gasteiger partial charge on any atom is 0.225 e. The van der Waals surface area contributed by atoms with Crippen LogP contribution in [0.25, 0.3) is 0 Å². The number of nitrogens with one attached hydrogen (secondary N) is 1. The molecule has 1 saturated heterocycles. The molecular weight excluding hydrogens is 206 g/mol. The number of aliphatic hydroxyl groups excluding tert-OH is 1. The molecule has 4 nitrogen and oxygen atoms in total. The highest BCUT2D eigenvalue weighted by molar-refractivity contribution is 5.79. The van der Waals surface area contributed by atoms with Crippen LogP contribution in [0.5, 0.6) is 0 Å². The van der Waals surface area contributed by atoms with Gasteiger partial charge in [0.15, 0.2) is 0 Å². The highest BCUT2D eigenvalue weighted by Gasteiger charge is 2.43. The zero-order valence-corrected chi connectivity index (χ0v) is 9.87. The average molecular weight is 227 g/mol. The molecule has 0 aromatic heterocycles. The van der Waals surface area contributed by atoms with E-state index in [1.165, 1.54) is 0 Å². The van der Waals surface area contributed by atoms with Crippen molar-refractivity contribution in [3.8, 4) is 0 Å². The summed E-state index contributed by atoms with van der Waals surface area (Å²) < 4.78 is 5.50. The number of carbonyl (C=O) groups is 1. The number of ether oxygens (including phenoxy) is 1. The van der Waals surface area contributed by atoms with Crippen LogP contribution in [0.3, 0.4) is 0 Å². The molecular formula is C12H21NO3. The Kier molecular flexibility index (Phi) is 3.50. The third kappa shape index (κ3) is 2.38. The predicted octanol–water partition coefficient (Wildman–Crippen LogP) is 0.690. The number of amides is 1. The van der Waals surface area contributed by atoms with Crippen molar-refractivity contribution in [1.29, 1.82) is 0 Å². The molecule has 2 atom stereocenters. The standard InChI is InChI=1S/C12H21NO3/c1-2-10-9(3-6-16-10)11(15)13-7-12(8-14)4-5-12/h9-10,14H,2-8H2,1H3,(H,13,15). The van der Waals surface area contributed by atoms with Gasteiger partial charge in [0, 0.05) is 18.6 Å². The predicted molar refractivity (Wildman–Crippen MR) is 59.9 cm³/mol. The molecule has 1 aliphatic carbocycles. The van der Waals surface area contributed by atoms with E-state index < -0.39 is 0 Å². The first kappa shape index (κ1) is 11.9. The lowest BCUT2D eigenvalue weighted by atomic mass is 9.98. The Hall–Kier alpha value is -0.610. The molecule has 0 radical (unpaired) electrons. The Morgan fingerprint density at radius 1 is 1.56 bits per heavy atom. The summed E-state index contributed by atoms with van der Waals surface area (Å²) in [6.07, 6.45) is 3.87. The van der Waals surface area contributed by atoms with Gasteiger partial charge in [-0.15, -0.1) is 0 Å². The Morgan fingerprint density at radius 2 is 2.31 bits per heavy atom. The first-order valence-electron chi connectivity index (χ1n) is 6.21. The summed E-state index contributed by atoms with van der Waals surface area (Å²) in [4.78, 5) is 11.9. The summed E-state index contributed by atoms with van der Waals surface area (Å²) in [6, 6.07) is 0. The molecule has 92 valence electrons. The molecule has 2 aliphatic rings. The van der Waals surface area contributed by atoms with E-state index in [-0.39, 0.29) is 30.0 Å². The lowest BCUT2D eigenvalue weighted by Gasteiger charge is -2.18. The topological polar surface area (TPSA) is 58.6 Å². The lowest BCUT2D eigenvalue weighted by molar-refractivity contribution is -0.127. The van der Waals surface area contributed by atoms with Crippen LogP contribution in [0.4, 0.5) is 0 Å². The third-order valence-electron chi connectivity index (χ3n) is 3.88. The Labute approximate surface area is 96.4 Å². The quantitative estimate of drug-likeness (QED) is 0.726. The largest absolute Gasteiger partial charge is 0.396 e. The summed E-state index contributed by atoms with van der Waals surface area (Å²) in [6.45, 7) is 3.55. The van der Waals surface area contributed by atoms with Crippen LogP contribution in [0.1, 0.15) is 32.6 Å². The highest BCUT2D eigenvalue weighted by Crippen LogP contribution is 2.44. The zero-order valence-electron chi connectivity index (χ0n) is 9.87. The van der Waals surface area contributed by atoms with Crippen LogP contribution in [0, 0.1) is 11.3 Å². The number of carbonyl (C=O) groups excluding carboxylic acids is 1. The lowest BCUT2D eigenvalue weighted by Crippen LogP contribution is -2.38. The molecule has 2 N–H and O–H groups in total. The number of hydrogen-bond donors (Lipinski definition) is 2. The molecule has 0 spiro atoms. The van der Waals surface area contributed by atoms with Crippen molar-refractivity contribution >= 4 is 5.91 Å². The molecule has 2 fully saturated rings. The van der Waals surface area contributed by atoms with Gasteiger partial charge in [-0.2, -0.15) is 0 Å². The molecule has 2 unspecified atom stereocenters. The van der Waals surface area contributed by atoms with Gasteiger partial charge < -0.3 is 15.2 Å². The summed E-state index contributed by atoms with van der Waals surface area (Å²) >= 11 is 0. The second-order valence-corrected chi connectivity index (χ2v) is 5.09. The van der Waals surface area contributed by atoms with Crippen molar-refractivity contribution in [2.75, 3.05) is 19.8 Å². The van der Waals surface area contributed by atoms with E-state index in [0.29, 0.717) is 13.2 Å². The third-order valence-corrected chi connectivity index (χ3v) is 3.88. The number of aliphatic hydroxyl groups is 1. The van der Waals surface area contributed by atoms with Gasteiger partial charge in [-0.3, -0.25) is 4.79 Å². The fraction of sp³-hybridized carbons (Fsp3) is 0.917. The van der Waals surface area contributed by atoms with E-state index in [2.05, 4.69) is 5.32 Å².